The molecule has 0 bridgehead atoms. The number of aromatic nitrogens is 1. The second-order valence-electron chi connectivity index (χ2n) is 4.49. The molecule has 2 aromatic rings. The lowest BCUT2D eigenvalue weighted by atomic mass is 10.3. The molecule has 0 atom stereocenters. The van der Waals surface area contributed by atoms with E-state index in [4.69, 9.17) is 15.2 Å². The van der Waals surface area contributed by atoms with Crippen molar-refractivity contribution in [1.29, 1.82) is 0 Å². The third kappa shape index (κ3) is 4.80. The number of ether oxygens (including phenoxy) is 2. The maximum absolute atomic E-state index is 12.1. The van der Waals surface area contributed by atoms with E-state index in [-0.39, 0.29) is 5.91 Å². The van der Waals surface area contributed by atoms with Crippen LogP contribution in [-0.2, 0) is 11.2 Å². The second kappa shape index (κ2) is 8.47. The Bertz CT molecular complexity index is 616. The lowest BCUT2D eigenvalue weighted by molar-refractivity contribution is 0.102. The Morgan fingerprint density at radius 2 is 2.27 bits per heavy atom. The molecular formula is C15H19N3O3S. The topological polar surface area (TPSA) is 86.5 Å². The highest BCUT2D eigenvalue weighted by Crippen LogP contribution is 2.18. The molecule has 0 radical (unpaired) electrons. The highest BCUT2D eigenvalue weighted by molar-refractivity contribution is 7.09. The Hall–Kier alpha value is -1.96. The van der Waals surface area contributed by atoms with Crippen LogP contribution >= 0.6 is 11.3 Å². The molecule has 0 saturated heterocycles. The normalized spacial score (nSPS) is 10.5. The van der Waals surface area contributed by atoms with Gasteiger partial charge < -0.3 is 20.5 Å². The van der Waals surface area contributed by atoms with E-state index in [1.807, 2.05) is 12.1 Å². The molecule has 1 amide bonds. The van der Waals surface area contributed by atoms with Gasteiger partial charge in [-0.1, -0.05) is 6.07 Å². The van der Waals surface area contributed by atoms with Crippen molar-refractivity contribution in [1.82, 2.24) is 4.98 Å². The van der Waals surface area contributed by atoms with Crippen molar-refractivity contribution >= 4 is 22.9 Å². The average Bonchev–Trinajstić information content (AvgIpc) is 2.97. The number of rotatable bonds is 8. The van der Waals surface area contributed by atoms with E-state index in [0.29, 0.717) is 43.3 Å². The summed E-state index contributed by atoms with van der Waals surface area (Å²) in [6, 6.07) is 7.21. The molecule has 0 fully saturated rings. The van der Waals surface area contributed by atoms with Crippen molar-refractivity contribution in [2.75, 3.05) is 32.2 Å². The van der Waals surface area contributed by atoms with Crippen LogP contribution in [0.2, 0.25) is 0 Å². The van der Waals surface area contributed by atoms with Crippen molar-refractivity contribution in [2.45, 2.75) is 6.42 Å². The first kappa shape index (κ1) is 16.4. The first-order chi connectivity index (χ1) is 10.7. The number of hydrogen-bond donors (Lipinski definition) is 2. The summed E-state index contributed by atoms with van der Waals surface area (Å²) in [5.74, 6) is 0.436. The molecule has 3 N–H and O–H groups in total. The Labute approximate surface area is 133 Å². The fourth-order valence-electron chi connectivity index (χ4n) is 1.76. The van der Waals surface area contributed by atoms with E-state index in [2.05, 4.69) is 10.3 Å². The van der Waals surface area contributed by atoms with Crippen LogP contribution in [-0.4, -0.2) is 37.8 Å². The minimum atomic E-state index is -0.242. The fraction of sp³-hybridized carbons (Fsp3) is 0.333. The lowest BCUT2D eigenvalue weighted by Gasteiger charge is -2.08. The molecule has 0 aliphatic rings. The van der Waals surface area contributed by atoms with Gasteiger partial charge in [-0.25, -0.2) is 4.98 Å². The number of carbonyl (C=O) groups is 1. The molecule has 1 aromatic heterocycles. The van der Waals surface area contributed by atoms with Crippen LogP contribution in [0.25, 0.3) is 0 Å². The molecule has 2 rings (SSSR count). The summed E-state index contributed by atoms with van der Waals surface area (Å²) in [5, 5.41) is 5.41. The van der Waals surface area contributed by atoms with Crippen LogP contribution in [0.1, 0.15) is 15.5 Å². The van der Waals surface area contributed by atoms with Gasteiger partial charge >= 0.3 is 0 Å². The van der Waals surface area contributed by atoms with E-state index < -0.39 is 0 Å². The molecule has 7 heteroatoms. The van der Waals surface area contributed by atoms with Crippen molar-refractivity contribution in [3.05, 3.63) is 40.3 Å². The SMILES string of the molecule is COCCOc1cccc(NC(=O)c2csc(CCN)n2)c1. The molecule has 118 valence electrons. The molecular weight excluding hydrogens is 302 g/mol. The summed E-state index contributed by atoms with van der Waals surface area (Å²) in [4.78, 5) is 16.4. The van der Waals surface area contributed by atoms with Crippen molar-refractivity contribution in [3.8, 4) is 5.75 Å². The van der Waals surface area contributed by atoms with E-state index in [1.54, 1.807) is 24.6 Å². The number of methoxy groups -OCH3 is 1. The standard InChI is InChI=1S/C15H19N3O3S/c1-20-7-8-21-12-4-2-3-11(9-12)17-15(19)13-10-22-14(18-13)5-6-16/h2-4,9-10H,5-8,16H2,1H3,(H,17,19). The minimum absolute atomic E-state index is 0.242. The molecule has 1 aromatic carbocycles. The summed E-state index contributed by atoms with van der Waals surface area (Å²) >= 11 is 1.44. The first-order valence-corrected chi connectivity index (χ1v) is 7.78. The van der Waals surface area contributed by atoms with Gasteiger partial charge in [-0.15, -0.1) is 11.3 Å². The summed E-state index contributed by atoms with van der Waals surface area (Å²) in [6.07, 6.45) is 0.681. The predicted octanol–water partition coefficient (Wildman–Crippen LogP) is 1.92. The zero-order valence-electron chi connectivity index (χ0n) is 12.4. The van der Waals surface area contributed by atoms with Gasteiger partial charge in [0.1, 0.15) is 18.1 Å². The van der Waals surface area contributed by atoms with E-state index in [0.717, 1.165) is 5.01 Å². The quantitative estimate of drug-likeness (QED) is 0.725. The van der Waals surface area contributed by atoms with Crippen molar-refractivity contribution in [2.24, 2.45) is 5.73 Å². The third-order valence-electron chi connectivity index (χ3n) is 2.79. The van der Waals surface area contributed by atoms with Crippen LogP contribution in [0.3, 0.4) is 0 Å². The zero-order chi connectivity index (χ0) is 15.8. The number of anilines is 1. The lowest BCUT2D eigenvalue weighted by Crippen LogP contribution is -2.13. The van der Waals surface area contributed by atoms with Gasteiger partial charge in [0, 0.05) is 30.7 Å². The molecule has 0 aliphatic carbocycles. The fourth-order valence-corrected chi connectivity index (χ4v) is 2.55. The van der Waals surface area contributed by atoms with Crippen molar-refractivity contribution in [3.63, 3.8) is 0 Å². The highest BCUT2D eigenvalue weighted by atomic mass is 32.1. The molecule has 0 spiro atoms. The summed E-state index contributed by atoms with van der Waals surface area (Å²) < 4.78 is 10.4. The second-order valence-corrected chi connectivity index (χ2v) is 5.43. The molecule has 0 unspecified atom stereocenters. The molecule has 1 heterocycles. The Balaban J connectivity index is 1.96. The van der Waals surface area contributed by atoms with E-state index in [9.17, 15) is 4.79 Å². The maximum atomic E-state index is 12.1. The van der Waals surface area contributed by atoms with Crippen LogP contribution in [0, 0.1) is 0 Å². The summed E-state index contributed by atoms with van der Waals surface area (Å²) in [6.45, 7) is 1.50. The number of amides is 1. The minimum Gasteiger partial charge on any atom is -0.491 e. The van der Waals surface area contributed by atoms with Gasteiger partial charge in [0.2, 0.25) is 0 Å². The van der Waals surface area contributed by atoms with Crippen LogP contribution in [0.4, 0.5) is 5.69 Å². The van der Waals surface area contributed by atoms with Gasteiger partial charge in [0.05, 0.1) is 11.6 Å². The summed E-state index contributed by atoms with van der Waals surface area (Å²) in [7, 11) is 1.62. The third-order valence-corrected chi connectivity index (χ3v) is 3.70. The number of nitrogens with one attached hydrogen (secondary N) is 1. The van der Waals surface area contributed by atoms with E-state index >= 15 is 0 Å². The van der Waals surface area contributed by atoms with E-state index in [1.165, 1.54) is 11.3 Å². The molecule has 22 heavy (non-hydrogen) atoms. The number of thiazole rings is 1. The predicted molar refractivity (Wildman–Crippen MR) is 86.6 cm³/mol. The van der Waals surface area contributed by atoms with Gasteiger partial charge in [0.25, 0.3) is 5.91 Å². The van der Waals surface area contributed by atoms with Crippen LogP contribution in [0.15, 0.2) is 29.6 Å². The number of hydrogen-bond acceptors (Lipinski definition) is 6. The Morgan fingerprint density at radius 3 is 3.05 bits per heavy atom. The monoisotopic (exact) mass is 321 g/mol. The maximum Gasteiger partial charge on any atom is 0.275 e. The highest BCUT2D eigenvalue weighted by Gasteiger charge is 2.11. The molecule has 0 aliphatic heterocycles. The number of carbonyl (C=O) groups excluding carboxylic acids is 1. The van der Waals surface area contributed by atoms with Gasteiger partial charge in [-0.05, 0) is 18.7 Å². The smallest absolute Gasteiger partial charge is 0.275 e. The van der Waals surface area contributed by atoms with Gasteiger partial charge in [-0.3, -0.25) is 4.79 Å². The number of nitrogens with zero attached hydrogens (tertiary/aromatic N) is 1. The molecule has 0 saturated carbocycles. The molecule has 6 nitrogen and oxygen atoms in total. The summed E-state index contributed by atoms with van der Waals surface area (Å²) in [5.41, 5.74) is 6.54. The Morgan fingerprint density at radius 1 is 1.41 bits per heavy atom. The van der Waals surface area contributed by atoms with Crippen LogP contribution in [0.5, 0.6) is 5.75 Å². The van der Waals surface area contributed by atoms with Crippen LogP contribution < -0.4 is 15.8 Å². The Kier molecular flexibility index (Phi) is 6.32. The van der Waals surface area contributed by atoms with Gasteiger partial charge in [-0.2, -0.15) is 0 Å². The van der Waals surface area contributed by atoms with Gasteiger partial charge in [0.15, 0.2) is 0 Å². The first-order valence-electron chi connectivity index (χ1n) is 6.90. The number of nitrogens with two attached hydrogens (primary N) is 1. The van der Waals surface area contributed by atoms with Crippen molar-refractivity contribution < 1.29 is 14.3 Å². The largest absolute Gasteiger partial charge is 0.491 e. The average molecular weight is 321 g/mol. The zero-order valence-corrected chi connectivity index (χ0v) is 13.2. The number of benzene rings is 1.